The first-order valence-electron chi connectivity index (χ1n) is 14.5. The van der Waals surface area contributed by atoms with Crippen LogP contribution in [0, 0.1) is 11.3 Å². The van der Waals surface area contributed by atoms with E-state index >= 15 is 0 Å². The number of hydrogen-bond acceptors (Lipinski definition) is 3. The Labute approximate surface area is 245 Å². The summed E-state index contributed by atoms with van der Waals surface area (Å²) in [4.78, 5) is 4.60. The van der Waals surface area contributed by atoms with Crippen molar-refractivity contribution in [1.29, 1.82) is 5.26 Å². The number of para-hydroxylation sites is 1. The second-order valence-corrected chi connectivity index (χ2v) is 13.2. The van der Waals surface area contributed by atoms with E-state index in [0.29, 0.717) is 11.1 Å². The van der Waals surface area contributed by atoms with Crippen LogP contribution in [0.25, 0.3) is 60.7 Å². The number of hydrogen-bond donors (Lipinski definition) is 0. The van der Waals surface area contributed by atoms with Gasteiger partial charge in [0.15, 0.2) is 5.58 Å². The largest absolute Gasteiger partial charge is 0.453 e. The van der Waals surface area contributed by atoms with Gasteiger partial charge in [-0.25, -0.2) is 0 Å². The van der Waals surface area contributed by atoms with E-state index in [2.05, 4.69) is 99.6 Å². The van der Waals surface area contributed by atoms with Gasteiger partial charge in [0.2, 0.25) is 0 Å². The zero-order chi connectivity index (χ0) is 29.4. The minimum Gasteiger partial charge on any atom is -0.453 e. The van der Waals surface area contributed by atoms with Crippen LogP contribution >= 0.6 is 0 Å². The van der Waals surface area contributed by atoms with Gasteiger partial charge in [0.05, 0.1) is 22.3 Å². The van der Waals surface area contributed by atoms with Gasteiger partial charge >= 0.3 is 0 Å². The van der Waals surface area contributed by atoms with Crippen LogP contribution in [-0.4, -0.2) is 9.55 Å². The molecule has 0 amide bonds. The first-order chi connectivity index (χ1) is 20.1. The van der Waals surface area contributed by atoms with Crippen LogP contribution in [-0.2, 0) is 10.8 Å². The van der Waals surface area contributed by atoms with Gasteiger partial charge in [-0.15, -0.1) is 0 Å². The summed E-state index contributed by atoms with van der Waals surface area (Å²) in [7, 11) is 0. The van der Waals surface area contributed by atoms with E-state index in [1.54, 1.807) is 6.20 Å². The van der Waals surface area contributed by atoms with Crippen LogP contribution in [0.2, 0.25) is 0 Å². The Balaban J connectivity index is 1.67. The van der Waals surface area contributed by atoms with Gasteiger partial charge in [-0.05, 0) is 64.4 Å². The minimum absolute atomic E-state index is 0.0347. The fourth-order valence-corrected chi connectivity index (χ4v) is 6.08. The van der Waals surface area contributed by atoms with Crippen molar-refractivity contribution in [2.24, 2.45) is 0 Å². The van der Waals surface area contributed by atoms with E-state index in [4.69, 9.17) is 4.42 Å². The van der Waals surface area contributed by atoms with E-state index in [-0.39, 0.29) is 10.8 Å². The second kappa shape index (κ2) is 9.06. The monoisotopic (exact) mass is 547 g/mol. The van der Waals surface area contributed by atoms with Gasteiger partial charge in [-0.1, -0.05) is 84.0 Å². The molecule has 206 valence electrons. The normalized spacial score (nSPS) is 12.5. The molecule has 0 saturated carbocycles. The summed E-state index contributed by atoms with van der Waals surface area (Å²) in [6.07, 6.45) is 1.80. The summed E-state index contributed by atoms with van der Waals surface area (Å²) >= 11 is 0. The molecule has 3 heterocycles. The van der Waals surface area contributed by atoms with Crippen molar-refractivity contribution in [3.63, 3.8) is 0 Å². The lowest BCUT2D eigenvalue weighted by atomic mass is 9.86. The summed E-state index contributed by atoms with van der Waals surface area (Å²) in [6, 6.07) is 32.0. The van der Waals surface area contributed by atoms with Crippen molar-refractivity contribution >= 4 is 43.7 Å². The van der Waals surface area contributed by atoms with E-state index in [0.717, 1.165) is 55.1 Å². The number of pyridine rings is 1. The molecule has 0 radical (unpaired) electrons. The molecule has 4 heteroatoms. The predicted octanol–water partition coefficient (Wildman–Crippen LogP) is 10.2. The fraction of sp³-hybridized carbons (Fsp3) is 0.211. The molecule has 0 saturated heterocycles. The minimum atomic E-state index is -0.0347. The molecule has 0 aliphatic rings. The molecule has 0 aliphatic carbocycles. The number of rotatable bonds is 2. The molecule has 0 unspecified atom stereocenters. The molecular formula is C38H33N3O. The summed E-state index contributed by atoms with van der Waals surface area (Å²) < 4.78 is 9.08. The Hall–Kier alpha value is -4.88. The standard InChI is InChI=1S/C38H33N3O/c1-37(2,3)24-14-17-26-27-18-15-25(38(4,5)6)21-33(27)41(32(26)20-24)34-23(22-39)13-16-29-28-10-9-11-30(35(28)42-36(29)34)31-12-7-8-19-40-31/h7-21H,1-6H3. The van der Waals surface area contributed by atoms with Crippen LogP contribution < -0.4 is 0 Å². The third kappa shape index (κ3) is 3.92. The zero-order valence-electron chi connectivity index (χ0n) is 24.9. The molecule has 0 N–H and O–H groups in total. The maximum absolute atomic E-state index is 10.5. The highest BCUT2D eigenvalue weighted by atomic mass is 16.3. The van der Waals surface area contributed by atoms with E-state index in [9.17, 15) is 5.26 Å². The van der Waals surface area contributed by atoms with E-state index in [1.807, 2.05) is 42.5 Å². The molecule has 7 aromatic rings. The smallest absolute Gasteiger partial charge is 0.160 e. The zero-order valence-corrected chi connectivity index (χ0v) is 24.9. The van der Waals surface area contributed by atoms with Crippen molar-refractivity contribution in [2.75, 3.05) is 0 Å². The van der Waals surface area contributed by atoms with E-state index < -0.39 is 0 Å². The van der Waals surface area contributed by atoms with E-state index in [1.165, 1.54) is 11.1 Å². The molecule has 0 bridgehead atoms. The summed E-state index contributed by atoms with van der Waals surface area (Å²) in [5.41, 5.74) is 9.15. The van der Waals surface area contributed by atoms with Gasteiger partial charge in [0.25, 0.3) is 0 Å². The lowest BCUT2D eigenvalue weighted by Gasteiger charge is -2.20. The Kier molecular flexibility index (Phi) is 5.62. The second-order valence-electron chi connectivity index (χ2n) is 13.2. The summed E-state index contributed by atoms with van der Waals surface area (Å²) in [5, 5.41) is 14.8. The maximum Gasteiger partial charge on any atom is 0.160 e. The molecule has 0 fully saturated rings. The van der Waals surface area contributed by atoms with Gasteiger partial charge in [0.1, 0.15) is 17.3 Å². The number of aromatic nitrogens is 2. The molecule has 42 heavy (non-hydrogen) atoms. The molecule has 0 aliphatic heterocycles. The number of benzene rings is 4. The number of furan rings is 1. The van der Waals surface area contributed by atoms with Crippen LogP contribution in [0.15, 0.2) is 95.5 Å². The molecular weight excluding hydrogens is 514 g/mol. The summed E-state index contributed by atoms with van der Waals surface area (Å²) in [5.74, 6) is 0. The first-order valence-corrected chi connectivity index (χ1v) is 14.5. The Morgan fingerprint density at radius 3 is 1.86 bits per heavy atom. The quantitative estimate of drug-likeness (QED) is 0.216. The predicted molar refractivity (Wildman–Crippen MR) is 173 cm³/mol. The molecule has 0 atom stereocenters. The highest BCUT2D eigenvalue weighted by molar-refractivity contribution is 6.15. The van der Waals surface area contributed by atoms with Crippen molar-refractivity contribution in [3.05, 3.63) is 108 Å². The van der Waals surface area contributed by atoms with Crippen molar-refractivity contribution in [2.45, 2.75) is 52.4 Å². The Morgan fingerprint density at radius 2 is 1.29 bits per heavy atom. The topological polar surface area (TPSA) is 54.8 Å². The van der Waals surface area contributed by atoms with Crippen molar-refractivity contribution < 1.29 is 4.42 Å². The van der Waals surface area contributed by atoms with Crippen molar-refractivity contribution in [1.82, 2.24) is 9.55 Å². The van der Waals surface area contributed by atoms with Gasteiger partial charge < -0.3 is 8.98 Å². The average molecular weight is 548 g/mol. The van der Waals surface area contributed by atoms with Crippen LogP contribution in [0.4, 0.5) is 0 Å². The SMILES string of the molecule is CC(C)(C)c1ccc2c3ccc(C(C)(C)C)cc3n(-c3c(C#N)ccc4c3oc3c(-c5ccccn5)cccc34)c2c1. The molecule has 4 nitrogen and oxygen atoms in total. The highest BCUT2D eigenvalue weighted by Crippen LogP contribution is 2.43. The highest BCUT2D eigenvalue weighted by Gasteiger charge is 2.25. The lowest BCUT2D eigenvalue weighted by molar-refractivity contribution is 0.591. The molecule has 3 aromatic heterocycles. The van der Waals surface area contributed by atoms with Crippen LogP contribution in [0.5, 0.6) is 0 Å². The van der Waals surface area contributed by atoms with Gasteiger partial charge in [-0.3, -0.25) is 4.98 Å². The van der Waals surface area contributed by atoms with Crippen LogP contribution in [0.1, 0.15) is 58.2 Å². The third-order valence-electron chi connectivity index (χ3n) is 8.43. The van der Waals surface area contributed by atoms with Gasteiger partial charge in [0, 0.05) is 33.3 Å². The molecule has 0 spiro atoms. The Bertz CT molecular complexity index is 2140. The molecule has 7 rings (SSSR count). The molecule has 4 aromatic carbocycles. The first kappa shape index (κ1) is 26.0. The van der Waals surface area contributed by atoms with Crippen LogP contribution in [0.3, 0.4) is 0 Å². The number of nitriles is 1. The average Bonchev–Trinajstić information content (AvgIpc) is 3.51. The summed E-state index contributed by atoms with van der Waals surface area (Å²) in [6.45, 7) is 13.4. The Morgan fingerprint density at radius 1 is 0.667 bits per heavy atom. The number of nitrogens with zero attached hydrogens (tertiary/aromatic N) is 3. The third-order valence-corrected chi connectivity index (χ3v) is 8.43. The fourth-order valence-electron chi connectivity index (χ4n) is 6.08. The lowest BCUT2D eigenvalue weighted by Crippen LogP contribution is -2.11. The number of fused-ring (bicyclic) bond motifs is 6. The maximum atomic E-state index is 10.5. The van der Waals surface area contributed by atoms with Crippen molar-refractivity contribution in [3.8, 4) is 23.0 Å². The van der Waals surface area contributed by atoms with Gasteiger partial charge in [-0.2, -0.15) is 5.26 Å².